The third kappa shape index (κ3) is 2.48. The molecule has 18 heavy (non-hydrogen) atoms. The second kappa shape index (κ2) is 4.87. The van der Waals surface area contributed by atoms with Gasteiger partial charge in [0.2, 0.25) is 5.91 Å². The molecule has 1 aromatic carbocycles. The lowest BCUT2D eigenvalue weighted by atomic mass is 10.1. The summed E-state index contributed by atoms with van der Waals surface area (Å²) in [5, 5.41) is 13.7. The molecule has 0 aliphatic carbocycles. The van der Waals surface area contributed by atoms with Crippen LogP contribution in [0.1, 0.15) is 23.2 Å². The van der Waals surface area contributed by atoms with Gasteiger partial charge in [-0.05, 0) is 18.6 Å². The van der Waals surface area contributed by atoms with E-state index in [0.29, 0.717) is 11.3 Å². The molecule has 2 amide bonds. The first-order valence-electron chi connectivity index (χ1n) is 5.50. The number of carbonyl (C=O) groups is 3. The number of hydrogen-bond acceptors (Lipinski definition) is 3. The third-order valence-electron chi connectivity index (χ3n) is 2.70. The number of carboxylic acids is 1. The van der Waals surface area contributed by atoms with Gasteiger partial charge in [-0.2, -0.15) is 0 Å². The smallest absolute Gasteiger partial charge is 0.303 e. The first kappa shape index (κ1) is 12.1. The Hall–Kier alpha value is -2.37. The first-order chi connectivity index (χ1) is 8.58. The highest BCUT2D eigenvalue weighted by atomic mass is 16.4. The second-order valence-electron chi connectivity index (χ2n) is 3.99. The number of anilines is 1. The Morgan fingerprint density at radius 3 is 2.72 bits per heavy atom. The Morgan fingerprint density at radius 2 is 2.00 bits per heavy atom. The number of para-hydroxylation sites is 1. The number of fused-ring (bicyclic) bond motifs is 1. The molecule has 0 aromatic heterocycles. The minimum atomic E-state index is -1.00. The largest absolute Gasteiger partial charge is 0.481 e. The molecule has 1 aromatic rings. The summed E-state index contributed by atoms with van der Waals surface area (Å²) in [5.74, 6) is -1.77. The molecule has 94 valence electrons. The van der Waals surface area contributed by atoms with E-state index in [0.717, 1.165) is 0 Å². The predicted molar refractivity (Wildman–Crippen MR) is 63.2 cm³/mol. The number of carboxylic acid groups (broad SMARTS) is 1. The lowest BCUT2D eigenvalue weighted by Crippen LogP contribution is -2.41. The monoisotopic (exact) mass is 248 g/mol. The lowest BCUT2D eigenvalue weighted by molar-refractivity contribution is -0.137. The Kier molecular flexibility index (Phi) is 3.27. The normalized spacial score (nSPS) is 18.3. The van der Waals surface area contributed by atoms with E-state index in [9.17, 15) is 14.4 Å². The van der Waals surface area contributed by atoms with Crippen LogP contribution in [0.25, 0.3) is 0 Å². The summed E-state index contributed by atoms with van der Waals surface area (Å²) >= 11 is 0. The average Bonchev–Trinajstić information content (AvgIpc) is 2.45. The zero-order valence-corrected chi connectivity index (χ0v) is 9.47. The van der Waals surface area contributed by atoms with E-state index in [2.05, 4.69) is 10.6 Å². The number of hydrogen-bond donors (Lipinski definition) is 3. The quantitative estimate of drug-likeness (QED) is 0.730. The average molecular weight is 248 g/mol. The van der Waals surface area contributed by atoms with E-state index >= 15 is 0 Å². The van der Waals surface area contributed by atoms with E-state index in [1.165, 1.54) is 0 Å². The highest BCUT2D eigenvalue weighted by Crippen LogP contribution is 2.19. The van der Waals surface area contributed by atoms with Crippen molar-refractivity contribution in [1.82, 2.24) is 5.32 Å². The van der Waals surface area contributed by atoms with Crippen LogP contribution in [0.5, 0.6) is 0 Å². The van der Waals surface area contributed by atoms with Crippen LogP contribution in [0.2, 0.25) is 0 Å². The van der Waals surface area contributed by atoms with E-state index in [4.69, 9.17) is 5.11 Å². The Labute approximate surface area is 103 Å². The van der Waals surface area contributed by atoms with Crippen LogP contribution >= 0.6 is 0 Å². The molecule has 3 N–H and O–H groups in total. The van der Waals surface area contributed by atoms with Crippen molar-refractivity contribution in [3.63, 3.8) is 0 Å². The van der Waals surface area contributed by atoms with Crippen molar-refractivity contribution in [3.05, 3.63) is 29.8 Å². The molecule has 2 rings (SSSR count). The molecule has 1 atom stereocenters. The van der Waals surface area contributed by atoms with Crippen molar-refractivity contribution in [2.24, 2.45) is 0 Å². The van der Waals surface area contributed by atoms with Gasteiger partial charge in [-0.25, -0.2) is 0 Å². The molecule has 0 spiro atoms. The highest BCUT2D eigenvalue weighted by Gasteiger charge is 2.27. The molecule has 0 saturated heterocycles. The SMILES string of the molecule is O=C(O)CC[C@@H]1NC(=O)c2ccccc2NC1=O. The maximum absolute atomic E-state index is 11.9. The van der Waals surface area contributed by atoms with Crippen molar-refractivity contribution in [1.29, 1.82) is 0 Å². The van der Waals surface area contributed by atoms with Gasteiger partial charge in [-0.3, -0.25) is 14.4 Å². The molecule has 1 aliphatic heterocycles. The molecule has 1 heterocycles. The van der Waals surface area contributed by atoms with Crippen molar-refractivity contribution >= 4 is 23.5 Å². The summed E-state index contributed by atoms with van der Waals surface area (Å²) < 4.78 is 0. The van der Waals surface area contributed by atoms with Gasteiger partial charge in [0.15, 0.2) is 0 Å². The molecule has 0 saturated carbocycles. The maximum Gasteiger partial charge on any atom is 0.303 e. The van der Waals surface area contributed by atoms with Crippen LogP contribution in [0, 0.1) is 0 Å². The molecule has 0 bridgehead atoms. The third-order valence-corrected chi connectivity index (χ3v) is 2.70. The Balaban J connectivity index is 2.19. The van der Waals surface area contributed by atoms with Crippen LogP contribution in [-0.2, 0) is 9.59 Å². The zero-order chi connectivity index (χ0) is 13.1. The van der Waals surface area contributed by atoms with Gasteiger partial charge in [0.25, 0.3) is 5.91 Å². The van der Waals surface area contributed by atoms with Gasteiger partial charge in [0.1, 0.15) is 6.04 Å². The molecule has 1 aliphatic rings. The topological polar surface area (TPSA) is 95.5 Å². The van der Waals surface area contributed by atoms with Gasteiger partial charge in [-0.15, -0.1) is 0 Å². The molecule has 6 nitrogen and oxygen atoms in total. The standard InChI is InChI=1S/C12H12N2O4/c15-10(16)6-5-9-12(18)13-8-4-2-1-3-7(8)11(17)14-9/h1-4,9H,5-6H2,(H,13,18)(H,14,17)(H,15,16)/t9-/m0/s1. The van der Waals surface area contributed by atoms with Gasteiger partial charge in [0, 0.05) is 6.42 Å². The fourth-order valence-corrected chi connectivity index (χ4v) is 1.78. The van der Waals surface area contributed by atoms with Crippen LogP contribution < -0.4 is 10.6 Å². The Bertz CT molecular complexity index is 513. The maximum atomic E-state index is 11.9. The number of amides is 2. The van der Waals surface area contributed by atoms with E-state index in [-0.39, 0.29) is 18.7 Å². The van der Waals surface area contributed by atoms with Crippen molar-refractivity contribution in [2.45, 2.75) is 18.9 Å². The predicted octanol–water partition coefficient (Wildman–Crippen LogP) is 0.602. The number of benzene rings is 1. The Morgan fingerprint density at radius 1 is 1.28 bits per heavy atom. The van der Waals surface area contributed by atoms with Gasteiger partial charge in [-0.1, -0.05) is 12.1 Å². The van der Waals surface area contributed by atoms with Crippen LogP contribution in [0.4, 0.5) is 5.69 Å². The second-order valence-corrected chi connectivity index (χ2v) is 3.99. The van der Waals surface area contributed by atoms with Gasteiger partial charge in [0.05, 0.1) is 11.3 Å². The van der Waals surface area contributed by atoms with E-state index in [1.54, 1.807) is 24.3 Å². The fourth-order valence-electron chi connectivity index (χ4n) is 1.78. The molecule has 0 radical (unpaired) electrons. The van der Waals surface area contributed by atoms with Crippen LogP contribution in [0.3, 0.4) is 0 Å². The molecular weight excluding hydrogens is 236 g/mol. The number of rotatable bonds is 3. The summed E-state index contributed by atoms with van der Waals surface area (Å²) in [6.45, 7) is 0. The number of nitrogens with one attached hydrogen (secondary N) is 2. The van der Waals surface area contributed by atoms with Gasteiger partial charge >= 0.3 is 5.97 Å². The molecule has 0 unspecified atom stereocenters. The first-order valence-corrected chi connectivity index (χ1v) is 5.50. The zero-order valence-electron chi connectivity index (χ0n) is 9.47. The minimum Gasteiger partial charge on any atom is -0.481 e. The molecule has 6 heteroatoms. The van der Waals surface area contributed by atoms with E-state index < -0.39 is 17.9 Å². The molecular formula is C12H12N2O4. The van der Waals surface area contributed by atoms with E-state index in [1.807, 2.05) is 0 Å². The highest BCUT2D eigenvalue weighted by molar-refractivity contribution is 6.09. The summed E-state index contributed by atoms with van der Waals surface area (Å²) in [6, 6.07) is 5.82. The summed E-state index contributed by atoms with van der Waals surface area (Å²) in [6.07, 6.45) is -0.102. The van der Waals surface area contributed by atoms with Gasteiger partial charge < -0.3 is 15.7 Å². The summed E-state index contributed by atoms with van der Waals surface area (Å²) in [5.41, 5.74) is 0.821. The molecule has 0 fully saturated rings. The lowest BCUT2D eigenvalue weighted by Gasteiger charge is -2.12. The van der Waals surface area contributed by atoms with Crippen molar-refractivity contribution < 1.29 is 19.5 Å². The fraction of sp³-hybridized carbons (Fsp3) is 0.250. The van der Waals surface area contributed by atoms with Crippen LogP contribution in [0.15, 0.2) is 24.3 Å². The summed E-state index contributed by atoms with van der Waals surface area (Å²) in [4.78, 5) is 34.2. The minimum absolute atomic E-state index is 0.0703. The summed E-state index contributed by atoms with van der Waals surface area (Å²) in [7, 11) is 0. The van der Waals surface area contributed by atoms with Crippen molar-refractivity contribution in [2.75, 3.05) is 5.32 Å². The number of carbonyl (C=O) groups excluding carboxylic acids is 2. The number of aliphatic carboxylic acids is 1. The van der Waals surface area contributed by atoms with Crippen LogP contribution in [-0.4, -0.2) is 28.9 Å². The van der Waals surface area contributed by atoms with Crippen molar-refractivity contribution in [3.8, 4) is 0 Å².